The van der Waals surface area contributed by atoms with Crippen molar-refractivity contribution in [2.75, 3.05) is 11.5 Å². The number of rotatable bonds is 6. The van der Waals surface area contributed by atoms with Crippen LogP contribution in [-0.4, -0.2) is 5.75 Å². The molecule has 0 radical (unpaired) electrons. The highest BCUT2D eigenvalue weighted by atomic mass is 35.5. The molecule has 1 aromatic rings. The fourth-order valence-corrected chi connectivity index (χ4v) is 2.70. The Morgan fingerprint density at radius 1 is 1.39 bits per heavy atom. The van der Waals surface area contributed by atoms with Crippen LogP contribution in [-0.2, 0) is 0 Å². The number of thioether (sulfide) groups is 1. The van der Waals surface area contributed by atoms with Crippen LogP contribution in [0.2, 0.25) is 5.02 Å². The van der Waals surface area contributed by atoms with Gasteiger partial charge in [-0.05, 0) is 50.6 Å². The van der Waals surface area contributed by atoms with Crippen molar-refractivity contribution in [3.05, 3.63) is 23.2 Å². The Morgan fingerprint density at radius 2 is 2.11 bits per heavy atom. The largest absolute Gasteiger partial charge is 0.398 e. The minimum absolute atomic E-state index is 0.204. The van der Waals surface area contributed by atoms with Gasteiger partial charge in [-0.25, -0.2) is 0 Å². The topological polar surface area (TPSA) is 49.8 Å². The molecule has 18 heavy (non-hydrogen) atoms. The van der Waals surface area contributed by atoms with E-state index in [9.17, 15) is 0 Å². The Hall–Kier alpha value is -0.850. The van der Waals surface area contributed by atoms with Crippen LogP contribution in [0, 0.1) is 16.7 Å². The van der Waals surface area contributed by atoms with Crippen LogP contribution >= 0.6 is 23.4 Å². The smallest absolute Gasteiger partial charge is 0.0683 e. The van der Waals surface area contributed by atoms with Crippen molar-refractivity contribution in [3.8, 4) is 6.07 Å². The highest BCUT2D eigenvalue weighted by Crippen LogP contribution is 2.29. The van der Waals surface area contributed by atoms with Gasteiger partial charge in [0.15, 0.2) is 0 Å². The van der Waals surface area contributed by atoms with Gasteiger partial charge in [0, 0.05) is 15.6 Å². The molecule has 0 spiro atoms. The van der Waals surface area contributed by atoms with E-state index < -0.39 is 0 Å². The Morgan fingerprint density at radius 3 is 2.72 bits per heavy atom. The van der Waals surface area contributed by atoms with Crippen molar-refractivity contribution in [1.82, 2.24) is 0 Å². The minimum atomic E-state index is -0.204. The summed E-state index contributed by atoms with van der Waals surface area (Å²) >= 11 is 7.59. The molecule has 0 heterocycles. The van der Waals surface area contributed by atoms with Crippen LogP contribution in [0.4, 0.5) is 5.69 Å². The van der Waals surface area contributed by atoms with Crippen molar-refractivity contribution in [2.45, 2.75) is 38.0 Å². The van der Waals surface area contributed by atoms with Crippen molar-refractivity contribution in [3.63, 3.8) is 0 Å². The third kappa shape index (κ3) is 5.20. The van der Waals surface area contributed by atoms with E-state index in [1.807, 2.05) is 26.0 Å². The van der Waals surface area contributed by atoms with Crippen LogP contribution in [0.25, 0.3) is 0 Å². The maximum absolute atomic E-state index is 8.91. The molecule has 2 nitrogen and oxygen atoms in total. The van der Waals surface area contributed by atoms with Crippen molar-refractivity contribution >= 4 is 29.1 Å². The number of hydrogen-bond donors (Lipinski definition) is 1. The molecule has 0 saturated carbocycles. The second-order valence-corrected chi connectivity index (χ2v) is 6.56. The molecule has 1 aromatic carbocycles. The lowest BCUT2D eigenvalue weighted by molar-refractivity contribution is 0.433. The monoisotopic (exact) mass is 282 g/mol. The lowest BCUT2D eigenvalue weighted by atomic mass is 9.89. The first-order valence-electron chi connectivity index (χ1n) is 6.04. The number of halogens is 1. The summed E-state index contributed by atoms with van der Waals surface area (Å²) in [7, 11) is 0. The molecule has 0 aliphatic rings. The summed E-state index contributed by atoms with van der Waals surface area (Å²) < 4.78 is 0. The SMILES string of the molecule is CC(C)(C#N)CCCCSc1ccc(Cl)cc1N. The van der Waals surface area contributed by atoms with Gasteiger partial charge < -0.3 is 5.73 Å². The molecule has 0 atom stereocenters. The van der Waals surface area contributed by atoms with Crippen molar-refractivity contribution < 1.29 is 0 Å². The predicted octanol–water partition coefficient (Wildman–Crippen LogP) is 4.73. The molecule has 1 rings (SSSR count). The maximum atomic E-state index is 8.91. The van der Waals surface area contributed by atoms with Gasteiger partial charge in [0.05, 0.1) is 11.5 Å². The average molecular weight is 283 g/mol. The zero-order valence-electron chi connectivity index (χ0n) is 10.9. The minimum Gasteiger partial charge on any atom is -0.398 e. The fraction of sp³-hybridized carbons (Fsp3) is 0.500. The van der Waals surface area contributed by atoms with Gasteiger partial charge in [-0.3, -0.25) is 0 Å². The number of nitrogen functional groups attached to an aromatic ring is 1. The molecule has 0 fully saturated rings. The van der Waals surface area contributed by atoms with Crippen LogP contribution in [0.15, 0.2) is 23.1 Å². The van der Waals surface area contributed by atoms with Crippen molar-refractivity contribution in [2.24, 2.45) is 5.41 Å². The summed E-state index contributed by atoms with van der Waals surface area (Å²) in [6.45, 7) is 3.97. The van der Waals surface area contributed by atoms with E-state index in [1.165, 1.54) is 0 Å². The normalized spacial score (nSPS) is 11.2. The number of anilines is 1. The third-order valence-electron chi connectivity index (χ3n) is 2.73. The summed E-state index contributed by atoms with van der Waals surface area (Å²) in [5, 5.41) is 9.58. The lowest BCUT2D eigenvalue weighted by Crippen LogP contribution is -2.07. The summed E-state index contributed by atoms with van der Waals surface area (Å²) in [5.74, 6) is 1.02. The Kier molecular flexibility index (Phi) is 5.84. The Labute approximate surface area is 119 Å². The molecule has 0 saturated heterocycles. The van der Waals surface area contributed by atoms with E-state index in [1.54, 1.807) is 17.8 Å². The van der Waals surface area contributed by atoms with Gasteiger partial charge >= 0.3 is 0 Å². The van der Waals surface area contributed by atoms with E-state index in [0.717, 1.165) is 35.6 Å². The zero-order chi connectivity index (χ0) is 13.6. The van der Waals surface area contributed by atoms with Gasteiger partial charge in [-0.2, -0.15) is 5.26 Å². The number of hydrogen-bond acceptors (Lipinski definition) is 3. The van der Waals surface area contributed by atoms with Gasteiger partial charge in [0.25, 0.3) is 0 Å². The summed E-state index contributed by atoms with van der Waals surface area (Å²) in [5.41, 5.74) is 6.41. The molecule has 98 valence electrons. The molecule has 0 unspecified atom stereocenters. The summed E-state index contributed by atoms with van der Waals surface area (Å²) in [4.78, 5) is 1.08. The van der Waals surface area contributed by atoms with Crippen LogP contribution in [0.1, 0.15) is 33.1 Å². The lowest BCUT2D eigenvalue weighted by Gasteiger charge is -2.14. The van der Waals surface area contributed by atoms with Gasteiger partial charge in [0.2, 0.25) is 0 Å². The molecule has 0 aromatic heterocycles. The number of nitrogens with zero attached hydrogens (tertiary/aromatic N) is 1. The van der Waals surface area contributed by atoms with E-state index >= 15 is 0 Å². The van der Waals surface area contributed by atoms with E-state index in [2.05, 4.69) is 6.07 Å². The number of unbranched alkanes of at least 4 members (excludes halogenated alkanes) is 1. The number of nitriles is 1. The first-order valence-corrected chi connectivity index (χ1v) is 7.40. The first-order chi connectivity index (χ1) is 8.44. The van der Waals surface area contributed by atoms with Gasteiger partial charge in [0.1, 0.15) is 0 Å². The molecule has 0 aliphatic heterocycles. The molecular weight excluding hydrogens is 264 g/mol. The van der Waals surface area contributed by atoms with E-state index in [4.69, 9.17) is 22.6 Å². The molecule has 0 bridgehead atoms. The van der Waals surface area contributed by atoms with Crippen LogP contribution in [0.5, 0.6) is 0 Å². The highest BCUT2D eigenvalue weighted by molar-refractivity contribution is 7.99. The number of nitrogens with two attached hydrogens (primary N) is 1. The highest BCUT2D eigenvalue weighted by Gasteiger charge is 2.15. The number of benzene rings is 1. The first kappa shape index (κ1) is 15.2. The second-order valence-electron chi connectivity index (χ2n) is 4.98. The maximum Gasteiger partial charge on any atom is 0.0683 e. The van der Waals surface area contributed by atoms with Crippen molar-refractivity contribution in [1.29, 1.82) is 5.26 Å². The molecule has 4 heteroatoms. The Bertz CT molecular complexity index is 438. The van der Waals surface area contributed by atoms with E-state index in [-0.39, 0.29) is 5.41 Å². The second kappa shape index (κ2) is 6.92. The molecule has 0 amide bonds. The zero-order valence-corrected chi connectivity index (χ0v) is 12.4. The van der Waals surface area contributed by atoms with Gasteiger partial charge in [-0.15, -0.1) is 11.8 Å². The standard InChI is InChI=1S/C14H19ClN2S/c1-14(2,10-16)7-3-4-8-18-13-6-5-11(15)9-12(13)17/h5-6,9H,3-4,7-8,17H2,1-2H3. The fourth-order valence-electron chi connectivity index (χ4n) is 1.56. The van der Waals surface area contributed by atoms with Gasteiger partial charge in [-0.1, -0.05) is 18.0 Å². The average Bonchev–Trinajstić information content (AvgIpc) is 2.31. The van der Waals surface area contributed by atoms with E-state index in [0.29, 0.717) is 5.02 Å². The van der Waals surface area contributed by atoms with Crippen LogP contribution < -0.4 is 5.73 Å². The molecular formula is C14H19ClN2S. The predicted molar refractivity (Wildman–Crippen MR) is 79.8 cm³/mol. The molecule has 0 aliphatic carbocycles. The molecule has 2 N–H and O–H groups in total. The Balaban J connectivity index is 2.29. The summed E-state index contributed by atoms with van der Waals surface area (Å²) in [6, 6.07) is 7.92. The van der Waals surface area contributed by atoms with Crippen LogP contribution in [0.3, 0.4) is 0 Å². The quantitative estimate of drug-likeness (QED) is 0.466. The third-order valence-corrected chi connectivity index (χ3v) is 4.14. The summed E-state index contributed by atoms with van der Waals surface area (Å²) in [6.07, 6.45) is 3.11.